The van der Waals surface area contributed by atoms with E-state index in [2.05, 4.69) is 31.9 Å². The molecular weight excluding hydrogens is 238 g/mol. The number of primary amides is 1. The van der Waals surface area contributed by atoms with Gasteiger partial charge in [0, 0.05) is 4.83 Å². The molecule has 2 atom stereocenters. The summed E-state index contributed by atoms with van der Waals surface area (Å²) in [6.07, 6.45) is 0. The number of alkyl halides is 2. The highest BCUT2D eigenvalue weighted by Gasteiger charge is 2.15. The van der Waals surface area contributed by atoms with Crippen molar-refractivity contribution in [2.24, 2.45) is 5.73 Å². The van der Waals surface area contributed by atoms with Crippen LogP contribution in [0.1, 0.15) is 6.92 Å². The van der Waals surface area contributed by atoms with Crippen LogP contribution < -0.4 is 5.73 Å². The summed E-state index contributed by atoms with van der Waals surface area (Å²) in [5.74, 6) is -0.339. The molecule has 4 heteroatoms. The average molecular weight is 245 g/mol. The lowest BCUT2D eigenvalue weighted by molar-refractivity contribution is -0.117. The first kappa shape index (κ1) is 8.43. The van der Waals surface area contributed by atoms with Gasteiger partial charge in [-0.05, 0) is 0 Å². The lowest BCUT2D eigenvalue weighted by Crippen LogP contribution is -2.28. The highest BCUT2D eigenvalue weighted by molar-refractivity contribution is 9.12. The molecule has 8 heavy (non-hydrogen) atoms. The van der Waals surface area contributed by atoms with Crippen molar-refractivity contribution in [3.05, 3.63) is 0 Å². The zero-order valence-electron chi connectivity index (χ0n) is 4.40. The molecule has 0 aromatic carbocycles. The number of carbonyl (C=O) groups is 1. The summed E-state index contributed by atoms with van der Waals surface area (Å²) in [5.41, 5.74) is 4.92. The van der Waals surface area contributed by atoms with E-state index in [4.69, 9.17) is 5.73 Å². The van der Waals surface area contributed by atoms with E-state index < -0.39 is 0 Å². The Hall–Kier alpha value is 0.430. The van der Waals surface area contributed by atoms with Crippen molar-refractivity contribution in [1.29, 1.82) is 0 Å². The predicted molar refractivity (Wildman–Crippen MR) is 40.3 cm³/mol. The Kier molecular flexibility index (Phi) is 3.64. The maximum absolute atomic E-state index is 10.3. The first-order valence-corrected chi connectivity index (χ1v) is 3.96. The molecule has 0 aliphatic heterocycles. The summed E-state index contributed by atoms with van der Waals surface area (Å²) in [6, 6.07) is 0. The summed E-state index contributed by atoms with van der Waals surface area (Å²) in [7, 11) is 0. The zero-order valence-corrected chi connectivity index (χ0v) is 7.57. The summed E-state index contributed by atoms with van der Waals surface area (Å²) < 4.78 is 0. The third-order valence-electron chi connectivity index (χ3n) is 0.675. The van der Waals surface area contributed by atoms with Crippen LogP contribution in [-0.2, 0) is 4.79 Å². The molecule has 0 aliphatic rings. The van der Waals surface area contributed by atoms with Gasteiger partial charge in [-0.1, -0.05) is 38.8 Å². The molecule has 0 bridgehead atoms. The highest BCUT2D eigenvalue weighted by Crippen LogP contribution is 2.11. The standard InChI is InChI=1S/C4H7Br2NO/c1-2(5)3(6)4(7)8/h2-3H,1H3,(H2,7,8)/t2-,3+/m0/s1. The third kappa shape index (κ3) is 2.67. The molecular formula is C4H7Br2NO. The number of carbonyl (C=O) groups excluding carboxylic acids is 1. The lowest BCUT2D eigenvalue weighted by Gasteiger charge is -2.05. The van der Waals surface area contributed by atoms with E-state index >= 15 is 0 Å². The summed E-state index contributed by atoms with van der Waals surface area (Å²) in [4.78, 5) is 10.1. The predicted octanol–water partition coefficient (Wildman–Crippen LogP) is 1.02. The molecule has 0 aromatic rings. The van der Waals surface area contributed by atoms with Crippen LogP contribution in [0, 0.1) is 0 Å². The lowest BCUT2D eigenvalue weighted by atomic mass is 10.3. The Morgan fingerprint density at radius 1 is 1.62 bits per heavy atom. The van der Waals surface area contributed by atoms with E-state index in [-0.39, 0.29) is 15.6 Å². The number of rotatable bonds is 2. The molecule has 0 saturated carbocycles. The van der Waals surface area contributed by atoms with Crippen LogP contribution >= 0.6 is 31.9 Å². The van der Waals surface area contributed by atoms with Gasteiger partial charge in [-0.15, -0.1) is 0 Å². The van der Waals surface area contributed by atoms with Gasteiger partial charge >= 0.3 is 0 Å². The van der Waals surface area contributed by atoms with Crippen molar-refractivity contribution in [3.63, 3.8) is 0 Å². The van der Waals surface area contributed by atoms with Crippen molar-refractivity contribution >= 4 is 37.8 Å². The molecule has 0 aliphatic carbocycles. The Morgan fingerprint density at radius 3 is 2.00 bits per heavy atom. The van der Waals surface area contributed by atoms with Crippen LogP contribution in [0.5, 0.6) is 0 Å². The number of halogens is 2. The van der Waals surface area contributed by atoms with E-state index in [0.29, 0.717) is 0 Å². The number of nitrogens with two attached hydrogens (primary N) is 1. The molecule has 48 valence electrons. The van der Waals surface area contributed by atoms with E-state index in [1.807, 2.05) is 6.92 Å². The quantitative estimate of drug-likeness (QED) is 0.725. The molecule has 0 aromatic heterocycles. The monoisotopic (exact) mass is 243 g/mol. The van der Waals surface area contributed by atoms with Crippen LogP contribution in [-0.4, -0.2) is 15.6 Å². The molecule has 2 nitrogen and oxygen atoms in total. The molecule has 0 fully saturated rings. The first-order valence-electron chi connectivity index (χ1n) is 2.13. The average Bonchev–Trinajstić information content (AvgIpc) is 1.64. The van der Waals surface area contributed by atoms with Crippen LogP contribution in [0.2, 0.25) is 0 Å². The molecule has 0 saturated heterocycles. The molecule has 0 rings (SSSR count). The van der Waals surface area contributed by atoms with Gasteiger partial charge in [0.25, 0.3) is 0 Å². The molecule has 0 radical (unpaired) electrons. The second-order valence-corrected chi connectivity index (χ2v) is 3.91. The van der Waals surface area contributed by atoms with Crippen molar-refractivity contribution in [2.75, 3.05) is 0 Å². The zero-order chi connectivity index (χ0) is 6.73. The van der Waals surface area contributed by atoms with Gasteiger partial charge in [0.1, 0.15) is 4.83 Å². The van der Waals surface area contributed by atoms with Gasteiger partial charge in [0.15, 0.2) is 0 Å². The normalized spacial score (nSPS) is 17.4. The molecule has 0 heterocycles. The van der Waals surface area contributed by atoms with Crippen LogP contribution in [0.3, 0.4) is 0 Å². The Labute approximate surface area is 65.1 Å². The number of hydrogen-bond donors (Lipinski definition) is 1. The fraction of sp³-hybridized carbons (Fsp3) is 0.750. The van der Waals surface area contributed by atoms with Crippen molar-refractivity contribution in [1.82, 2.24) is 0 Å². The van der Waals surface area contributed by atoms with Gasteiger partial charge in [-0.25, -0.2) is 0 Å². The summed E-state index contributed by atoms with van der Waals surface area (Å²) in [6.45, 7) is 1.85. The third-order valence-corrected chi connectivity index (χ3v) is 3.16. The molecule has 0 unspecified atom stereocenters. The number of hydrogen-bond acceptors (Lipinski definition) is 1. The van der Waals surface area contributed by atoms with E-state index in [1.165, 1.54) is 0 Å². The minimum Gasteiger partial charge on any atom is -0.369 e. The minimum atomic E-state index is -0.339. The van der Waals surface area contributed by atoms with Crippen LogP contribution in [0.4, 0.5) is 0 Å². The fourth-order valence-corrected chi connectivity index (χ4v) is 0.487. The SMILES string of the molecule is C[C@H](Br)[C@@H](Br)C(N)=O. The Bertz CT molecular complexity index is 94.0. The maximum Gasteiger partial charge on any atom is 0.232 e. The Balaban J connectivity index is 3.64. The summed E-state index contributed by atoms with van der Waals surface area (Å²) >= 11 is 6.28. The first-order chi connectivity index (χ1) is 3.55. The van der Waals surface area contributed by atoms with Gasteiger partial charge in [-0.3, -0.25) is 4.79 Å². The van der Waals surface area contributed by atoms with Crippen molar-refractivity contribution in [2.45, 2.75) is 16.6 Å². The van der Waals surface area contributed by atoms with Crippen molar-refractivity contribution < 1.29 is 4.79 Å². The van der Waals surface area contributed by atoms with E-state index in [1.54, 1.807) is 0 Å². The second-order valence-electron chi connectivity index (χ2n) is 1.48. The Morgan fingerprint density at radius 2 is 2.00 bits per heavy atom. The van der Waals surface area contributed by atoms with Gasteiger partial charge in [0.05, 0.1) is 0 Å². The van der Waals surface area contributed by atoms with Crippen LogP contribution in [0.15, 0.2) is 0 Å². The van der Waals surface area contributed by atoms with E-state index in [9.17, 15) is 4.79 Å². The van der Waals surface area contributed by atoms with Crippen molar-refractivity contribution in [3.8, 4) is 0 Å². The minimum absolute atomic E-state index is 0.0972. The van der Waals surface area contributed by atoms with Crippen LogP contribution in [0.25, 0.3) is 0 Å². The fourth-order valence-electron chi connectivity index (χ4n) is 0.226. The number of amides is 1. The molecule has 1 amide bonds. The summed E-state index contributed by atoms with van der Waals surface area (Å²) in [5, 5.41) is 0. The topological polar surface area (TPSA) is 43.1 Å². The second kappa shape index (κ2) is 3.45. The largest absolute Gasteiger partial charge is 0.369 e. The van der Waals surface area contributed by atoms with E-state index in [0.717, 1.165) is 0 Å². The molecule has 0 spiro atoms. The molecule has 2 N–H and O–H groups in total. The van der Waals surface area contributed by atoms with Gasteiger partial charge in [-0.2, -0.15) is 0 Å². The van der Waals surface area contributed by atoms with Gasteiger partial charge < -0.3 is 5.73 Å². The van der Waals surface area contributed by atoms with Gasteiger partial charge in [0.2, 0.25) is 5.91 Å². The smallest absolute Gasteiger partial charge is 0.232 e. The maximum atomic E-state index is 10.3. The highest BCUT2D eigenvalue weighted by atomic mass is 79.9.